The number of hydrogen-bond acceptors (Lipinski definition) is 4. The van der Waals surface area contributed by atoms with E-state index in [1.54, 1.807) is 17.4 Å². The second kappa shape index (κ2) is 4.38. The van der Waals surface area contributed by atoms with Crippen LogP contribution in [0.1, 0.15) is 17.8 Å². The van der Waals surface area contributed by atoms with E-state index in [0.717, 1.165) is 0 Å². The second-order valence-electron chi connectivity index (χ2n) is 3.97. The van der Waals surface area contributed by atoms with Crippen molar-refractivity contribution in [2.45, 2.75) is 13.0 Å². The van der Waals surface area contributed by atoms with Gasteiger partial charge >= 0.3 is 0 Å². The Bertz CT molecular complexity index is 662. The minimum absolute atomic E-state index is 0.132. The summed E-state index contributed by atoms with van der Waals surface area (Å²) in [6.07, 6.45) is 1.31. The van der Waals surface area contributed by atoms with Crippen molar-refractivity contribution in [3.63, 3.8) is 0 Å². The summed E-state index contributed by atoms with van der Waals surface area (Å²) in [5.41, 5.74) is 0.622. The first-order valence-electron chi connectivity index (χ1n) is 5.54. The highest BCUT2D eigenvalue weighted by Crippen LogP contribution is 2.21. The van der Waals surface area contributed by atoms with E-state index in [-0.39, 0.29) is 11.9 Å². The van der Waals surface area contributed by atoms with Crippen molar-refractivity contribution in [3.8, 4) is 0 Å². The van der Waals surface area contributed by atoms with Crippen LogP contribution in [0.5, 0.6) is 0 Å². The molecule has 3 rings (SSSR count). The lowest BCUT2D eigenvalue weighted by atomic mass is 10.3. The third kappa shape index (κ3) is 2.06. The number of aromatic nitrogens is 3. The first-order valence-corrected chi connectivity index (χ1v) is 6.42. The summed E-state index contributed by atoms with van der Waals surface area (Å²) in [4.78, 5) is 5.49. The SMILES string of the molecule is CC(Nc1nc2ccc(F)cn2n1)c1cccs1. The van der Waals surface area contributed by atoms with Gasteiger partial charge in [0.15, 0.2) is 5.65 Å². The van der Waals surface area contributed by atoms with E-state index in [9.17, 15) is 4.39 Å². The Morgan fingerprint density at radius 2 is 2.28 bits per heavy atom. The molecule has 0 aliphatic heterocycles. The Morgan fingerprint density at radius 1 is 1.39 bits per heavy atom. The highest BCUT2D eigenvalue weighted by Gasteiger charge is 2.10. The topological polar surface area (TPSA) is 42.2 Å². The summed E-state index contributed by atoms with van der Waals surface area (Å²) >= 11 is 1.67. The monoisotopic (exact) mass is 262 g/mol. The molecule has 1 atom stereocenters. The molecule has 0 saturated heterocycles. The maximum atomic E-state index is 13.0. The van der Waals surface area contributed by atoms with Crippen molar-refractivity contribution >= 4 is 22.9 Å². The molecule has 6 heteroatoms. The average molecular weight is 262 g/mol. The molecule has 0 aromatic carbocycles. The van der Waals surface area contributed by atoms with Gasteiger partial charge in [-0.1, -0.05) is 6.07 Å². The lowest BCUT2D eigenvalue weighted by molar-refractivity contribution is 0.614. The Morgan fingerprint density at radius 3 is 3.06 bits per heavy atom. The Balaban J connectivity index is 1.86. The molecule has 1 unspecified atom stereocenters. The molecule has 0 fully saturated rings. The molecule has 0 amide bonds. The normalized spacial score (nSPS) is 12.8. The number of hydrogen-bond donors (Lipinski definition) is 1. The first-order chi connectivity index (χ1) is 8.72. The third-order valence-electron chi connectivity index (χ3n) is 2.61. The predicted octanol–water partition coefficient (Wildman–Crippen LogP) is 3.10. The fourth-order valence-electron chi connectivity index (χ4n) is 1.72. The van der Waals surface area contributed by atoms with E-state index in [1.807, 2.05) is 18.4 Å². The second-order valence-corrected chi connectivity index (χ2v) is 4.95. The van der Waals surface area contributed by atoms with Gasteiger partial charge in [-0.3, -0.25) is 0 Å². The van der Waals surface area contributed by atoms with Crippen LogP contribution >= 0.6 is 11.3 Å². The summed E-state index contributed by atoms with van der Waals surface area (Å²) < 4.78 is 14.5. The van der Waals surface area contributed by atoms with Crippen LogP contribution in [0.2, 0.25) is 0 Å². The number of rotatable bonds is 3. The van der Waals surface area contributed by atoms with Gasteiger partial charge < -0.3 is 5.32 Å². The van der Waals surface area contributed by atoms with E-state index in [2.05, 4.69) is 21.5 Å². The van der Waals surface area contributed by atoms with Gasteiger partial charge in [0, 0.05) is 4.88 Å². The van der Waals surface area contributed by atoms with Gasteiger partial charge in [0.2, 0.25) is 5.95 Å². The van der Waals surface area contributed by atoms with Crippen LogP contribution in [0, 0.1) is 5.82 Å². The number of thiophene rings is 1. The smallest absolute Gasteiger partial charge is 0.243 e. The van der Waals surface area contributed by atoms with E-state index in [0.29, 0.717) is 11.6 Å². The van der Waals surface area contributed by atoms with Crippen LogP contribution < -0.4 is 5.32 Å². The summed E-state index contributed by atoms with van der Waals surface area (Å²) in [6, 6.07) is 7.16. The van der Waals surface area contributed by atoms with Gasteiger partial charge in [0.1, 0.15) is 5.82 Å². The minimum atomic E-state index is -0.328. The molecule has 18 heavy (non-hydrogen) atoms. The molecule has 3 aromatic rings. The van der Waals surface area contributed by atoms with E-state index >= 15 is 0 Å². The molecule has 0 radical (unpaired) electrons. The van der Waals surface area contributed by atoms with Crippen molar-refractivity contribution < 1.29 is 4.39 Å². The van der Waals surface area contributed by atoms with Crippen LogP contribution in [-0.2, 0) is 0 Å². The van der Waals surface area contributed by atoms with Crippen molar-refractivity contribution in [1.82, 2.24) is 14.6 Å². The maximum absolute atomic E-state index is 13.0. The van der Waals surface area contributed by atoms with Gasteiger partial charge in [-0.25, -0.2) is 8.91 Å². The van der Waals surface area contributed by atoms with Crippen molar-refractivity contribution in [1.29, 1.82) is 0 Å². The molecule has 0 bridgehead atoms. The van der Waals surface area contributed by atoms with Gasteiger partial charge in [-0.2, -0.15) is 4.98 Å². The first kappa shape index (κ1) is 11.2. The number of nitrogens with zero attached hydrogens (tertiary/aromatic N) is 3. The lowest BCUT2D eigenvalue weighted by Gasteiger charge is -2.09. The number of nitrogens with one attached hydrogen (secondary N) is 1. The van der Waals surface area contributed by atoms with Crippen LogP contribution in [-0.4, -0.2) is 14.6 Å². The molecule has 0 aliphatic carbocycles. The number of fused-ring (bicyclic) bond motifs is 1. The zero-order chi connectivity index (χ0) is 12.5. The molecule has 4 nitrogen and oxygen atoms in total. The molecule has 0 saturated carbocycles. The van der Waals surface area contributed by atoms with Crippen LogP contribution in [0.25, 0.3) is 5.65 Å². The summed E-state index contributed by atoms with van der Waals surface area (Å²) in [5.74, 6) is 0.173. The highest BCUT2D eigenvalue weighted by molar-refractivity contribution is 7.10. The fraction of sp³-hybridized carbons (Fsp3) is 0.167. The number of pyridine rings is 1. The maximum Gasteiger partial charge on any atom is 0.243 e. The molecule has 3 heterocycles. The van der Waals surface area contributed by atoms with Gasteiger partial charge in [0.05, 0.1) is 12.2 Å². The molecule has 0 aliphatic rings. The number of anilines is 1. The van der Waals surface area contributed by atoms with E-state index < -0.39 is 0 Å². The van der Waals surface area contributed by atoms with E-state index in [1.165, 1.54) is 21.7 Å². The third-order valence-corrected chi connectivity index (χ3v) is 3.67. The van der Waals surface area contributed by atoms with Gasteiger partial charge in [-0.15, -0.1) is 16.4 Å². The highest BCUT2D eigenvalue weighted by atomic mass is 32.1. The van der Waals surface area contributed by atoms with Crippen LogP contribution in [0.4, 0.5) is 10.3 Å². The predicted molar refractivity (Wildman–Crippen MR) is 69.3 cm³/mol. The summed E-state index contributed by atoms with van der Waals surface area (Å²) in [6.45, 7) is 2.04. The van der Waals surface area contributed by atoms with E-state index in [4.69, 9.17) is 0 Å². The summed E-state index contributed by atoms with van der Waals surface area (Å²) in [5, 5.41) is 9.41. The molecule has 0 spiro atoms. The van der Waals surface area contributed by atoms with Gasteiger partial charge in [-0.05, 0) is 30.5 Å². The standard InChI is InChI=1S/C12H11FN4S/c1-8(10-3-2-6-18-10)14-12-15-11-5-4-9(13)7-17(11)16-12/h2-8H,1H3,(H,14,16). The quantitative estimate of drug-likeness (QED) is 0.788. The Kier molecular flexibility index (Phi) is 2.71. The molecule has 1 N–H and O–H groups in total. The molecular weight excluding hydrogens is 251 g/mol. The van der Waals surface area contributed by atoms with Crippen LogP contribution in [0.3, 0.4) is 0 Å². The Labute approximate surface area is 107 Å². The van der Waals surface area contributed by atoms with Crippen molar-refractivity contribution in [2.75, 3.05) is 5.32 Å². The summed E-state index contributed by atoms with van der Waals surface area (Å²) in [7, 11) is 0. The van der Waals surface area contributed by atoms with Crippen LogP contribution in [0.15, 0.2) is 35.8 Å². The lowest BCUT2D eigenvalue weighted by Crippen LogP contribution is -2.06. The minimum Gasteiger partial charge on any atom is -0.346 e. The van der Waals surface area contributed by atoms with Crippen molar-refractivity contribution in [2.24, 2.45) is 0 Å². The molecule has 92 valence electrons. The zero-order valence-corrected chi connectivity index (χ0v) is 10.5. The fourth-order valence-corrected chi connectivity index (χ4v) is 2.46. The largest absolute Gasteiger partial charge is 0.346 e. The van der Waals surface area contributed by atoms with Gasteiger partial charge in [0.25, 0.3) is 0 Å². The average Bonchev–Trinajstić information content (AvgIpc) is 2.95. The zero-order valence-electron chi connectivity index (χ0n) is 9.67. The molecule has 3 aromatic heterocycles. The Hall–Kier alpha value is -1.95. The number of halogens is 1. The molecular formula is C12H11FN4S. The van der Waals surface area contributed by atoms with Crippen molar-refractivity contribution in [3.05, 3.63) is 46.5 Å².